The molecule has 0 heterocycles. The molecule has 88 valence electrons. The Balaban J connectivity index is 1.89. The minimum atomic E-state index is 0.639. The van der Waals surface area contributed by atoms with Gasteiger partial charge >= 0.3 is 0 Å². The number of benzene rings is 1. The van der Waals surface area contributed by atoms with Gasteiger partial charge in [0.1, 0.15) is 0 Å². The summed E-state index contributed by atoms with van der Waals surface area (Å²) in [4.78, 5) is 0. The highest BCUT2D eigenvalue weighted by atomic mass is 79.9. The Hall–Kier alpha value is -0.340. The average Bonchev–Trinajstić information content (AvgIpc) is 2.21. The van der Waals surface area contributed by atoms with Crippen molar-refractivity contribution in [1.82, 2.24) is 5.32 Å². The Labute approximate surface area is 107 Å². The molecule has 0 saturated heterocycles. The molecule has 1 aliphatic rings. The zero-order chi connectivity index (χ0) is 11.4. The molecule has 16 heavy (non-hydrogen) atoms. The van der Waals surface area contributed by atoms with Crippen LogP contribution in [-0.4, -0.2) is 13.1 Å². The zero-order valence-corrected chi connectivity index (χ0v) is 11.5. The number of halogens is 1. The van der Waals surface area contributed by atoms with Gasteiger partial charge in [-0.2, -0.15) is 0 Å². The van der Waals surface area contributed by atoms with E-state index < -0.39 is 0 Å². The first-order valence-electron chi connectivity index (χ1n) is 6.19. The number of rotatable bonds is 5. The third-order valence-corrected chi connectivity index (χ3v) is 4.12. The lowest BCUT2D eigenvalue weighted by Gasteiger charge is -2.29. The molecule has 1 unspecified atom stereocenters. The summed E-state index contributed by atoms with van der Waals surface area (Å²) in [6.07, 6.45) is 6.81. The lowest BCUT2D eigenvalue weighted by Crippen LogP contribution is -2.31. The molecule has 0 radical (unpaired) electrons. The number of hydrogen-bond donors (Lipinski definition) is 1. The summed E-state index contributed by atoms with van der Waals surface area (Å²) < 4.78 is 1.18. The molecule has 1 aromatic carbocycles. The normalized spacial score (nSPS) is 18.1. The number of hydrogen-bond acceptors (Lipinski definition) is 1. The lowest BCUT2D eigenvalue weighted by atomic mass is 9.80. The van der Waals surface area contributed by atoms with Crippen molar-refractivity contribution in [3.8, 4) is 0 Å². The summed E-state index contributed by atoms with van der Waals surface area (Å²) in [6, 6.07) is 9.29. The van der Waals surface area contributed by atoms with Crippen LogP contribution >= 0.6 is 15.9 Å². The van der Waals surface area contributed by atoms with Crippen LogP contribution in [0.5, 0.6) is 0 Å². The lowest BCUT2D eigenvalue weighted by molar-refractivity contribution is 0.263. The van der Waals surface area contributed by atoms with Crippen molar-refractivity contribution in [2.75, 3.05) is 7.05 Å². The second-order valence-corrected chi connectivity index (χ2v) is 5.77. The zero-order valence-electron chi connectivity index (χ0n) is 9.88. The molecule has 1 nitrogen and oxygen atoms in total. The van der Waals surface area contributed by atoms with Crippen molar-refractivity contribution in [2.24, 2.45) is 5.92 Å². The molecule has 1 fully saturated rings. The van der Waals surface area contributed by atoms with Crippen molar-refractivity contribution in [2.45, 2.75) is 38.1 Å². The van der Waals surface area contributed by atoms with Gasteiger partial charge in [-0.05, 0) is 43.5 Å². The highest BCUT2D eigenvalue weighted by Gasteiger charge is 2.21. The predicted octanol–water partition coefficient (Wildman–Crippen LogP) is 3.77. The van der Waals surface area contributed by atoms with Gasteiger partial charge in [-0.25, -0.2) is 0 Å². The third-order valence-electron chi connectivity index (χ3n) is 3.62. The van der Waals surface area contributed by atoms with E-state index in [0.717, 1.165) is 12.3 Å². The fraction of sp³-hybridized carbons (Fsp3) is 0.571. The third kappa shape index (κ3) is 3.33. The highest BCUT2D eigenvalue weighted by Crippen LogP contribution is 2.31. The Kier molecular flexibility index (Phi) is 4.42. The van der Waals surface area contributed by atoms with E-state index in [0.29, 0.717) is 6.04 Å². The molecule has 2 rings (SSSR count). The fourth-order valence-electron chi connectivity index (χ4n) is 2.38. The number of nitrogens with one attached hydrogen (secondary N) is 1. The fourth-order valence-corrected chi connectivity index (χ4v) is 2.83. The molecule has 1 N–H and O–H groups in total. The maximum atomic E-state index is 3.53. The van der Waals surface area contributed by atoms with Gasteiger partial charge in [0.2, 0.25) is 0 Å². The summed E-state index contributed by atoms with van der Waals surface area (Å²) in [5.41, 5.74) is 1.42. The molecule has 0 bridgehead atoms. The molecule has 0 amide bonds. The first-order chi connectivity index (χ1) is 7.78. The van der Waals surface area contributed by atoms with E-state index in [1.807, 2.05) is 0 Å². The second kappa shape index (κ2) is 5.83. The van der Waals surface area contributed by atoms with Crippen LogP contribution in [0.4, 0.5) is 0 Å². The molecule has 0 aromatic heterocycles. The van der Waals surface area contributed by atoms with Crippen LogP contribution in [0.2, 0.25) is 0 Å². The van der Waals surface area contributed by atoms with Gasteiger partial charge in [0.15, 0.2) is 0 Å². The van der Waals surface area contributed by atoms with Crippen LogP contribution in [-0.2, 0) is 6.42 Å². The van der Waals surface area contributed by atoms with Crippen molar-refractivity contribution in [1.29, 1.82) is 0 Å². The highest BCUT2D eigenvalue weighted by molar-refractivity contribution is 9.10. The van der Waals surface area contributed by atoms with E-state index in [4.69, 9.17) is 0 Å². The largest absolute Gasteiger partial charge is 0.317 e. The van der Waals surface area contributed by atoms with Gasteiger partial charge in [-0.3, -0.25) is 0 Å². The van der Waals surface area contributed by atoms with Crippen LogP contribution < -0.4 is 5.32 Å². The minimum Gasteiger partial charge on any atom is -0.317 e. The molecule has 1 aliphatic carbocycles. The van der Waals surface area contributed by atoms with Gasteiger partial charge in [0.05, 0.1) is 0 Å². The van der Waals surface area contributed by atoms with E-state index in [1.54, 1.807) is 0 Å². The standard InChI is InChI=1S/C14H20BrN/c1-16-14(9-11-4-2-5-11)10-12-6-3-7-13(15)8-12/h3,6-8,11,14,16H,2,4-5,9-10H2,1H3. The molecular weight excluding hydrogens is 262 g/mol. The topological polar surface area (TPSA) is 12.0 Å². The van der Waals surface area contributed by atoms with Gasteiger partial charge in [0.25, 0.3) is 0 Å². The minimum absolute atomic E-state index is 0.639. The molecule has 0 spiro atoms. The predicted molar refractivity (Wildman–Crippen MR) is 72.7 cm³/mol. The maximum absolute atomic E-state index is 3.53. The van der Waals surface area contributed by atoms with Crippen molar-refractivity contribution < 1.29 is 0 Å². The Bertz CT molecular complexity index is 333. The van der Waals surface area contributed by atoms with E-state index in [-0.39, 0.29) is 0 Å². The molecule has 1 atom stereocenters. The smallest absolute Gasteiger partial charge is 0.0178 e. The summed E-state index contributed by atoms with van der Waals surface area (Å²) in [5, 5.41) is 3.45. The van der Waals surface area contributed by atoms with Gasteiger partial charge in [-0.15, -0.1) is 0 Å². The van der Waals surface area contributed by atoms with Crippen LogP contribution in [0, 0.1) is 5.92 Å². The van der Waals surface area contributed by atoms with Gasteiger partial charge in [-0.1, -0.05) is 47.3 Å². The molecule has 1 aromatic rings. The van der Waals surface area contributed by atoms with Gasteiger partial charge < -0.3 is 5.32 Å². The van der Waals surface area contributed by atoms with Crippen LogP contribution in [0.3, 0.4) is 0 Å². The monoisotopic (exact) mass is 281 g/mol. The van der Waals surface area contributed by atoms with E-state index in [9.17, 15) is 0 Å². The van der Waals surface area contributed by atoms with Crippen molar-refractivity contribution >= 4 is 15.9 Å². The van der Waals surface area contributed by atoms with Crippen LogP contribution in [0.25, 0.3) is 0 Å². The van der Waals surface area contributed by atoms with E-state index in [1.165, 1.54) is 35.7 Å². The van der Waals surface area contributed by atoms with Crippen molar-refractivity contribution in [3.05, 3.63) is 34.3 Å². The van der Waals surface area contributed by atoms with Crippen LogP contribution in [0.15, 0.2) is 28.7 Å². The number of likely N-dealkylation sites (N-methyl/N-ethyl adjacent to an activating group) is 1. The molecule has 0 aliphatic heterocycles. The SMILES string of the molecule is CNC(Cc1cccc(Br)c1)CC1CCC1. The molecule has 1 saturated carbocycles. The Morgan fingerprint density at radius 2 is 2.25 bits per heavy atom. The first-order valence-corrected chi connectivity index (χ1v) is 6.99. The summed E-state index contributed by atoms with van der Waals surface area (Å²) >= 11 is 3.53. The summed E-state index contributed by atoms with van der Waals surface area (Å²) in [7, 11) is 2.08. The van der Waals surface area contributed by atoms with Crippen LogP contribution in [0.1, 0.15) is 31.2 Å². The van der Waals surface area contributed by atoms with E-state index >= 15 is 0 Å². The average molecular weight is 282 g/mol. The molecule has 2 heteroatoms. The Morgan fingerprint density at radius 3 is 2.81 bits per heavy atom. The van der Waals surface area contributed by atoms with Gasteiger partial charge in [0, 0.05) is 10.5 Å². The van der Waals surface area contributed by atoms with Crippen molar-refractivity contribution in [3.63, 3.8) is 0 Å². The second-order valence-electron chi connectivity index (χ2n) is 4.85. The first kappa shape index (κ1) is 12.1. The maximum Gasteiger partial charge on any atom is 0.0178 e. The Morgan fingerprint density at radius 1 is 1.44 bits per heavy atom. The molecular formula is C14H20BrN. The quantitative estimate of drug-likeness (QED) is 0.867. The summed E-state index contributed by atoms with van der Waals surface area (Å²) in [5.74, 6) is 0.976. The van der Waals surface area contributed by atoms with E-state index in [2.05, 4.69) is 52.6 Å². The summed E-state index contributed by atoms with van der Waals surface area (Å²) in [6.45, 7) is 0.